The summed E-state index contributed by atoms with van der Waals surface area (Å²) in [5.41, 5.74) is -0.485. The van der Waals surface area contributed by atoms with Gasteiger partial charge >= 0.3 is 11.9 Å². The Balaban J connectivity index is 0.000000251. The second kappa shape index (κ2) is 9.01. The Hall–Kier alpha value is -1.86. The van der Waals surface area contributed by atoms with Crippen LogP contribution in [0.15, 0.2) is 24.3 Å². The Morgan fingerprint density at radius 2 is 1.20 bits per heavy atom. The number of halogens is 4. The summed E-state index contributed by atoms with van der Waals surface area (Å²) in [4.78, 5) is 21.2. The van der Waals surface area contributed by atoms with E-state index in [1.165, 1.54) is 31.4 Å². The molecule has 134 valence electrons. The number of phenols is 1. The third-order valence-corrected chi connectivity index (χ3v) is 4.00. The molecular weight excluding hydrogens is 418 g/mol. The molecule has 0 aromatic heterocycles. The highest BCUT2D eigenvalue weighted by Crippen LogP contribution is 2.34. The summed E-state index contributed by atoms with van der Waals surface area (Å²) in [6, 6.07) is 5.53. The molecule has 0 aliphatic carbocycles. The number of rotatable bonds is 3. The Labute approximate surface area is 162 Å². The maximum Gasteiger partial charge on any atom is 0.341 e. The summed E-state index contributed by atoms with van der Waals surface area (Å²) in [6.07, 6.45) is 0. The molecule has 2 rings (SSSR count). The Morgan fingerprint density at radius 3 is 1.56 bits per heavy atom. The molecule has 0 bridgehead atoms. The van der Waals surface area contributed by atoms with Gasteiger partial charge in [0.2, 0.25) is 0 Å². The van der Waals surface area contributed by atoms with E-state index in [1.807, 2.05) is 0 Å². The van der Waals surface area contributed by atoms with Crippen LogP contribution in [-0.2, 0) is 0 Å². The van der Waals surface area contributed by atoms with E-state index in [4.69, 9.17) is 66.5 Å². The fourth-order valence-corrected chi connectivity index (χ4v) is 2.53. The second-order valence-corrected chi connectivity index (χ2v) is 5.93. The number of ether oxygens (including phenoxy) is 1. The first-order chi connectivity index (χ1) is 11.6. The van der Waals surface area contributed by atoms with E-state index in [2.05, 4.69) is 0 Å². The van der Waals surface area contributed by atoms with Crippen LogP contribution in [0.25, 0.3) is 0 Å². The minimum atomic E-state index is -1.31. The van der Waals surface area contributed by atoms with Gasteiger partial charge in [0.15, 0.2) is 5.75 Å². The van der Waals surface area contributed by atoms with E-state index in [-0.39, 0.29) is 37.0 Å². The van der Waals surface area contributed by atoms with Crippen molar-refractivity contribution in [2.75, 3.05) is 7.11 Å². The first-order valence-electron chi connectivity index (χ1n) is 6.27. The summed E-state index contributed by atoms with van der Waals surface area (Å²) >= 11 is 22.3. The molecule has 10 heteroatoms. The molecule has 0 unspecified atom stereocenters. The fraction of sp³-hybridized carbons (Fsp3) is 0.0667. The molecule has 0 saturated heterocycles. The van der Waals surface area contributed by atoms with Gasteiger partial charge < -0.3 is 20.1 Å². The van der Waals surface area contributed by atoms with Crippen LogP contribution in [0.4, 0.5) is 0 Å². The molecular formula is C15H10Cl4O6. The predicted molar refractivity (Wildman–Crippen MR) is 95.1 cm³/mol. The van der Waals surface area contributed by atoms with E-state index in [0.717, 1.165) is 0 Å². The SMILES string of the molecule is COc1c(Cl)ccc(Cl)c1C(=O)O.O=C(O)c1c(Cl)ccc(Cl)c1O. The van der Waals surface area contributed by atoms with Gasteiger partial charge in [0.05, 0.1) is 27.2 Å². The number of hydrogen-bond donors (Lipinski definition) is 3. The van der Waals surface area contributed by atoms with Gasteiger partial charge in [0.25, 0.3) is 0 Å². The van der Waals surface area contributed by atoms with Crippen LogP contribution < -0.4 is 4.74 Å². The van der Waals surface area contributed by atoms with Crippen LogP contribution in [0.5, 0.6) is 11.5 Å². The zero-order valence-electron chi connectivity index (χ0n) is 12.4. The van der Waals surface area contributed by atoms with Crippen molar-refractivity contribution in [1.82, 2.24) is 0 Å². The minimum absolute atomic E-state index is 0.0307. The fourth-order valence-electron chi connectivity index (χ4n) is 1.68. The van der Waals surface area contributed by atoms with Crippen LogP contribution in [0.2, 0.25) is 20.1 Å². The Morgan fingerprint density at radius 1 is 0.800 bits per heavy atom. The average Bonchev–Trinajstić information content (AvgIpc) is 2.53. The van der Waals surface area contributed by atoms with Crippen LogP contribution in [0.1, 0.15) is 20.7 Å². The molecule has 0 aliphatic rings. The van der Waals surface area contributed by atoms with Crippen molar-refractivity contribution >= 4 is 58.3 Å². The lowest BCUT2D eigenvalue weighted by Gasteiger charge is -2.07. The molecule has 2 aromatic rings. The molecule has 2 aromatic carbocycles. The van der Waals surface area contributed by atoms with Gasteiger partial charge in [-0.3, -0.25) is 0 Å². The third-order valence-electron chi connectivity index (χ3n) is 2.77. The van der Waals surface area contributed by atoms with Crippen LogP contribution in [0, 0.1) is 0 Å². The summed E-state index contributed by atoms with van der Waals surface area (Å²) in [6.45, 7) is 0. The molecule has 0 saturated carbocycles. The van der Waals surface area contributed by atoms with Crippen molar-refractivity contribution in [3.05, 3.63) is 55.5 Å². The molecule has 0 radical (unpaired) electrons. The first kappa shape index (κ1) is 21.2. The maximum atomic E-state index is 10.7. The van der Waals surface area contributed by atoms with Crippen molar-refractivity contribution < 1.29 is 29.6 Å². The maximum absolute atomic E-state index is 10.7. The molecule has 0 spiro atoms. The van der Waals surface area contributed by atoms with E-state index in [9.17, 15) is 9.59 Å². The van der Waals surface area contributed by atoms with E-state index in [0.29, 0.717) is 0 Å². The number of carbonyl (C=O) groups is 2. The largest absolute Gasteiger partial charge is 0.505 e. The molecule has 0 fully saturated rings. The monoisotopic (exact) mass is 426 g/mol. The number of aromatic hydroxyl groups is 1. The molecule has 25 heavy (non-hydrogen) atoms. The average molecular weight is 428 g/mol. The highest BCUT2D eigenvalue weighted by atomic mass is 35.5. The molecule has 0 atom stereocenters. The van der Waals surface area contributed by atoms with E-state index < -0.39 is 17.7 Å². The lowest BCUT2D eigenvalue weighted by atomic mass is 10.2. The van der Waals surface area contributed by atoms with Crippen molar-refractivity contribution in [2.45, 2.75) is 0 Å². The zero-order chi connectivity index (χ0) is 19.3. The van der Waals surface area contributed by atoms with Crippen molar-refractivity contribution in [1.29, 1.82) is 0 Å². The van der Waals surface area contributed by atoms with Crippen LogP contribution in [-0.4, -0.2) is 34.4 Å². The number of hydrogen-bond acceptors (Lipinski definition) is 4. The highest BCUT2D eigenvalue weighted by Gasteiger charge is 2.18. The smallest absolute Gasteiger partial charge is 0.341 e. The van der Waals surface area contributed by atoms with Crippen molar-refractivity contribution in [2.24, 2.45) is 0 Å². The Kier molecular flexibility index (Phi) is 7.63. The molecule has 0 heterocycles. The quantitative estimate of drug-likeness (QED) is 0.629. The zero-order valence-corrected chi connectivity index (χ0v) is 15.4. The number of methoxy groups -OCH3 is 1. The molecule has 3 N–H and O–H groups in total. The van der Waals surface area contributed by atoms with Gasteiger partial charge in [-0.15, -0.1) is 0 Å². The van der Waals surface area contributed by atoms with Crippen LogP contribution >= 0.6 is 46.4 Å². The van der Waals surface area contributed by atoms with Crippen molar-refractivity contribution in [3.8, 4) is 11.5 Å². The van der Waals surface area contributed by atoms with E-state index >= 15 is 0 Å². The summed E-state index contributed by atoms with van der Waals surface area (Å²) in [5, 5.41) is 26.8. The van der Waals surface area contributed by atoms with Gasteiger partial charge in [-0.1, -0.05) is 46.4 Å². The van der Waals surface area contributed by atoms with Gasteiger partial charge in [-0.05, 0) is 24.3 Å². The number of benzene rings is 2. The summed E-state index contributed by atoms with van der Waals surface area (Å²) in [7, 11) is 1.34. The highest BCUT2D eigenvalue weighted by molar-refractivity contribution is 6.37. The van der Waals surface area contributed by atoms with Crippen molar-refractivity contribution in [3.63, 3.8) is 0 Å². The first-order valence-corrected chi connectivity index (χ1v) is 7.78. The molecule has 6 nitrogen and oxygen atoms in total. The molecule has 0 aliphatic heterocycles. The van der Waals surface area contributed by atoms with Gasteiger partial charge in [0.1, 0.15) is 16.9 Å². The van der Waals surface area contributed by atoms with Crippen LogP contribution in [0.3, 0.4) is 0 Å². The van der Waals surface area contributed by atoms with Gasteiger partial charge in [-0.25, -0.2) is 9.59 Å². The Bertz CT molecular complexity index is 822. The standard InChI is InChI=1S/C8H6Cl2O3.C7H4Cl2O3/c1-13-7-5(10)3-2-4(9)6(7)8(11)12;8-3-1-2-4(9)6(10)5(3)7(11)12/h2-3H,1H3,(H,11,12);1-2,10H,(H,11,12). The summed E-state index contributed by atoms with van der Waals surface area (Å²) < 4.78 is 4.82. The topological polar surface area (TPSA) is 104 Å². The van der Waals surface area contributed by atoms with Gasteiger partial charge in [0, 0.05) is 0 Å². The second-order valence-electron chi connectivity index (χ2n) is 4.30. The predicted octanol–water partition coefficient (Wildman–Crippen LogP) is 5.10. The van der Waals surface area contributed by atoms with Gasteiger partial charge in [-0.2, -0.15) is 0 Å². The normalized spacial score (nSPS) is 9.80. The molecule has 0 amide bonds. The minimum Gasteiger partial charge on any atom is -0.505 e. The van der Waals surface area contributed by atoms with E-state index in [1.54, 1.807) is 0 Å². The third kappa shape index (κ3) is 5.06. The number of carboxylic acids is 2. The number of aromatic carboxylic acids is 2. The number of carboxylic acid groups (broad SMARTS) is 2. The lowest BCUT2D eigenvalue weighted by Crippen LogP contribution is -2.01. The lowest BCUT2D eigenvalue weighted by molar-refractivity contribution is 0.0682. The summed E-state index contributed by atoms with van der Waals surface area (Å²) in [5.74, 6) is -2.89.